The molecule has 1 rings (SSSR count). The molecular weight excluding hydrogens is 278 g/mol. The zero-order chi connectivity index (χ0) is 14.1. The molecule has 20 heavy (non-hydrogen) atoms. The lowest BCUT2D eigenvalue weighted by Crippen LogP contribution is -2.45. The molecule has 5 nitrogen and oxygen atoms in total. The molecule has 0 fully saturated rings. The van der Waals surface area contributed by atoms with E-state index in [9.17, 15) is 9.59 Å². The van der Waals surface area contributed by atoms with Crippen molar-refractivity contribution in [3.8, 4) is 0 Å². The van der Waals surface area contributed by atoms with Gasteiger partial charge >= 0.3 is 0 Å². The number of carbonyl (C=O) groups is 2. The van der Waals surface area contributed by atoms with Crippen molar-refractivity contribution in [3.05, 3.63) is 35.9 Å². The molecule has 2 amide bonds. The van der Waals surface area contributed by atoms with Gasteiger partial charge in [-0.3, -0.25) is 9.59 Å². The second kappa shape index (κ2) is 10.2. The molecule has 0 saturated heterocycles. The number of amides is 2. The predicted octanol–water partition coefficient (Wildman–Crippen LogP) is 0.621. The van der Waals surface area contributed by atoms with Gasteiger partial charge in [-0.1, -0.05) is 37.3 Å². The fourth-order valence-corrected chi connectivity index (χ4v) is 1.59. The third-order valence-electron chi connectivity index (χ3n) is 2.63. The Bertz CT molecular complexity index is 412. The molecule has 4 N–H and O–H groups in total. The van der Waals surface area contributed by atoms with Crippen molar-refractivity contribution >= 4 is 24.2 Å². The van der Waals surface area contributed by atoms with Crippen molar-refractivity contribution in [1.82, 2.24) is 10.6 Å². The van der Waals surface area contributed by atoms with Gasteiger partial charge in [-0.15, -0.1) is 12.4 Å². The van der Waals surface area contributed by atoms with Gasteiger partial charge in [-0.2, -0.15) is 0 Å². The summed E-state index contributed by atoms with van der Waals surface area (Å²) in [5, 5.41) is 5.22. The Hall–Kier alpha value is -1.59. The van der Waals surface area contributed by atoms with Crippen molar-refractivity contribution in [2.45, 2.75) is 25.8 Å². The molecule has 1 aromatic rings. The summed E-state index contributed by atoms with van der Waals surface area (Å²) in [4.78, 5) is 23.0. The quantitative estimate of drug-likeness (QED) is 0.690. The van der Waals surface area contributed by atoms with Gasteiger partial charge in [0.2, 0.25) is 11.8 Å². The summed E-state index contributed by atoms with van der Waals surface area (Å²) in [5.74, 6) is -0.502. The Morgan fingerprint density at radius 3 is 2.45 bits per heavy atom. The number of hydrogen-bond acceptors (Lipinski definition) is 3. The Labute approximate surface area is 125 Å². The van der Waals surface area contributed by atoms with Gasteiger partial charge in [0.05, 0.1) is 12.6 Å². The number of carbonyl (C=O) groups excluding carboxylic acids is 2. The average molecular weight is 300 g/mol. The van der Waals surface area contributed by atoms with Crippen LogP contribution in [0.25, 0.3) is 0 Å². The first-order valence-corrected chi connectivity index (χ1v) is 6.47. The maximum atomic E-state index is 11.7. The van der Waals surface area contributed by atoms with Gasteiger partial charge in [0.1, 0.15) is 0 Å². The number of nitrogens with one attached hydrogen (secondary N) is 2. The predicted molar refractivity (Wildman–Crippen MR) is 81.7 cm³/mol. The molecule has 0 aliphatic heterocycles. The molecule has 0 bridgehead atoms. The summed E-state index contributed by atoms with van der Waals surface area (Å²) in [6.45, 7) is 2.56. The molecule has 0 aliphatic carbocycles. The Morgan fingerprint density at radius 2 is 1.85 bits per heavy atom. The summed E-state index contributed by atoms with van der Waals surface area (Å²) in [7, 11) is 0. The molecule has 0 aromatic heterocycles. The Kier molecular flexibility index (Phi) is 9.41. The third kappa shape index (κ3) is 7.11. The van der Waals surface area contributed by atoms with Crippen LogP contribution in [0.2, 0.25) is 0 Å². The van der Waals surface area contributed by atoms with E-state index in [1.807, 2.05) is 37.3 Å². The second-order valence-corrected chi connectivity index (χ2v) is 4.36. The Balaban J connectivity index is 0.00000361. The number of benzene rings is 1. The normalized spacial score (nSPS) is 11.1. The molecule has 0 saturated carbocycles. The minimum atomic E-state index is -0.638. The van der Waals surface area contributed by atoms with Crippen molar-refractivity contribution in [1.29, 1.82) is 0 Å². The lowest BCUT2D eigenvalue weighted by molar-refractivity contribution is -0.126. The van der Waals surface area contributed by atoms with Crippen molar-refractivity contribution < 1.29 is 9.59 Å². The molecule has 1 atom stereocenters. The molecule has 1 aromatic carbocycles. The summed E-state index contributed by atoms with van der Waals surface area (Å²) in [6.07, 6.45) is 1.33. The van der Waals surface area contributed by atoms with Crippen LogP contribution in [0.1, 0.15) is 18.9 Å². The van der Waals surface area contributed by atoms with Gasteiger partial charge < -0.3 is 16.4 Å². The van der Waals surface area contributed by atoms with Crippen LogP contribution in [0, 0.1) is 0 Å². The molecule has 0 radical (unpaired) electrons. The highest BCUT2D eigenvalue weighted by molar-refractivity contribution is 5.87. The fraction of sp³-hybridized carbons (Fsp3) is 0.429. The number of halogens is 1. The smallest absolute Gasteiger partial charge is 0.239 e. The minimum Gasteiger partial charge on any atom is -0.355 e. The Morgan fingerprint density at radius 1 is 1.20 bits per heavy atom. The van der Waals surface area contributed by atoms with Crippen LogP contribution < -0.4 is 16.4 Å². The summed E-state index contributed by atoms with van der Waals surface area (Å²) in [6, 6.07) is 8.91. The largest absolute Gasteiger partial charge is 0.355 e. The van der Waals surface area contributed by atoms with Gasteiger partial charge in [-0.05, 0) is 18.4 Å². The van der Waals surface area contributed by atoms with Gasteiger partial charge in [-0.25, -0.2) is 0 Å². The van der Waals surface area contributed by atoms with Crippen LogP contribution in [-0.2, 0) is 16.0 Å². The number of hydrogen-bond donors (Lipinski definition) is 3. The van der Waals surface area contributed by atoms with E-state index >= 15 is 0 Å². The highest BCUT2D eigenvalue weighted by Gasteiger charge is 2.14. The van der Waals surface area contributed by atoms with Crippen molar-refractivity contribution in [2.75, 3.05) is 13.1 Å². The number of rotatable bonds is 7. The van der Waals surface area contributed by atoms with E-state index < -0.39 is 6.04 Å². The minimum absolute atomic E-state index is 0. The van der Waals surface area contributed by atoms with Crippen LogP contribution in [0.3, 0.4) is 0 Å². The first kappa shape index (κ1) is 18.4. The van der Waals surface area contributed by atoms with Crippen molar-refractivity contribution in [3.63, 3.8) is 0 Å². The summed E-state index contributed by atoms with van der Waals surface area (Å²) in [5.41, 5.74) is 6.79. The van der Waals surface area contributed by atoms with Crippen LogP contribution in [-0.4, -0.2) is 30.9 Å². The molecule has 112 valence electrons. The standard InChI is InChI=1S/C14H21N3O2.ClH/c1-2-8-16-13(18)10-17-14(19)12(15)9-11-6-4-3-5-7-11;/h3-7,12H,2,8-10,15H2,1H3,(H,16,18)(H,17,19);1H. The maximum absolute atomic E-state index is 11.7. The van der Waals surface area contributed by atoms with E-state index in [0.717, 1.165) is 12.0 Å². The number of nitrogens with two attached hydrogens (primary N) is 1. The monoisotopic (exact) mass is 299 g/mol. The van der Waals surface area contributed by atoms with E-state index in [2.05, 4.69) is 10.6 Å². The van der Waals surface area contributed by atoms with Crippen LogP contribution in [0.4, 0.5) is 0 Å². The second-order valence-electron chi connectivity index (χ2n) is 4.36. The zero-order valence-electron chi connectivity index (χ0n) is 11.6. The zero-order valence-corrected chi connectivity index (χ0v) is 12.4. The van der Waals surface area contributed by atoms with E-state index in [0.29, 0.717) is 13.0 Å². The lowest BCUT2D eigenvalue weighted by Gasteiger charge is -2.12. The van der Waals surface area contributed by atoms with Crippen LogP contribution >= 0.6 is 12.4 Å². The van der Waals surface area contributed by atoms with Gasteiger partial charge in [0.15, 0.2) is 0 Å². The van der Waals surface area contributed by atoms with E-state index in [-0.39, 0.29) is 30.8 Å². The molecular formula is C14H22ClN3O2. The first-order chi connectivity index (χ1) is 9.13. The molecule has 6 heteroatoms. The maximum Gasteiger partial charge on any atom is 0.239 e. The molecule has 0 aliphatic rings. The van der Waals surface area contributed by atoms with Crippen LogP contribution in [0.5, 0.6) is 0 Å². The third-order valence-corrected chi connectivity index (χ3v) is 2.63. The highest BCUT2D eigenvalue weighted by atomic mass is 35.5. The van der Waals surface area contributed by atoms with Gasteiger partial charge in [0.25, 0.3) is 0 Å². The van der Waals surface area contributed by atoms with E-state index in [4.69, 9.17) is 5.73 Å². The SMILES string of the molecule is CCCNC(=O)CNC(=O)C(N)Cc1ccccc1.Cl. The van der Waals surface area contributed by atoms with Crippen LogP contribution in [0.15, 0.2) is 30.3 Å². The van der Waals surface area contributed by atoms with Crippen molar-refractivity contribution in [2.24, 2.45) is 5.73 Å². The summed E-state index contributed by atoms with van der Waals surface area (Å²) >= 11 is 0. The molecule has 0 heterocycles. The fourth-order valence-electron chi connectivity index (χ4n) is 1.59. The summed E-state index contributed by atoms with van der Waals surface area (Å²) < 4.78 is 0. The van der Waals surface area contributed by atoms with Gasteiger partial charge in [0, 0.05) is 6.54 Å². The molecule has 1 unspecified atom stereocenters. The molecule has 0 spiro atoms. The van der Waals surface area contributed by atoms with E-state index in [1.54, 1.807) is 0 Å². The first-order valence-electron chi connectivity index (χ1n) is 6.47. The average Bonchev–Trinajstić information content (AvgIpc) is 2.43. The lowest BCUT2D eigenvalue weighted by atomic mass is 10.1. The highest BCUT2D eigenvalue weighted by Crippen LogP contribution is 2.01. The van der Waals surface area contributed by atoms with E-state index in [1.165, 1.54) is 0 Å². The topological polar surface area (TPSA) is 84.2 Å².